The first kappa shape index (κ1) is 29.7. The van der Waals surface area contributed by atoms with Crippen LogP contribution in [0.2, 0.25) is 10.0 Å². The van der Waals surface area contributed by atoms with Gasteiger partial charge in [0.05, 0.1) is 22.5 Å². The zero-order chi connectivity index (χ0) is 28.1. The summed E-state index contributed by atoms with van der Waals surface area (Å²) in [6.45, 7) is 0.395. The molecule has 0 radical (unpaired) electrons. The number of carbonyl (C=O) groups excluding carboxylic acids is 2. The summed E-state index contributed by atoms with van der Waals surface area (Å²) in [5.41, 5.74) is -2.98. The normalized spacial score (nSPS) is 18.0. The molecule has 2 atom stereocenters. The monoisotopic (exact) mass is 584 g/mol. The largest absolute Gasteiger partial charge is 0.418 e. The second-order valence-corrected chi connectivity index (χ2v) is 9.82. The van der Waals surface area contributed by atoms with Crippen molar-refractivity contribution in [2.75, 3.05) is 23.7 Å². The standard InChI is InChI=1S/C24H24Cl2F6N4O2/c25-15-4-6-19(17(9-15)23(27,28)29)35-21(37)33-11-13-2-1-3-14(8-13)12-34-22(38)36-20-7-5-16(26)10-18(20)24(30,31)32/h4-7,9-10,13-14H,1-3,8,11-12H2,(H2,33,35,37)(H2,34,36,38)/t13-,14+. The first-order valence-electron chi connectivity index (χ1n) is 11.6. The summed E-state index contributed by atoms with van der Waals surface area (Å²) in [6.07, 6.45) is -6.50. The van der Waals surface area contributed by atoms with Gasteiger partial charge in [-0.2, -0.15) is 26.3 Å². The number of benzene rings is 2. The highest BCUT2D eigenvalue weighted by molar-refractivity contribution is 6.31. The predicted molar refractivity (Wildman–Crippen MR) is 132 cm³/mol. The minimum atomic E-state index is -4.70. The van der Waals surface area contributed by atoms with Crippen LogP contribution >= 0.6 is 23.2 Å². The van der Waals surface area contributed by atoms with E-state index in [1.54, 1.807) is 0 Å². The number of alkyl halides is 6. The molecule has 38 heavy (non-hydrogen) atoms. The van der Waals surface area contributed by atoms with Gasteiger partial charge in [-0.1, -0.05) is 29.6 Å². The third kappa shape index (κ3) is 8.59. The molecule has 4 N–H and O–H groups in total. The van der Waals surface area contributed by atoms with Gasteiger partial charge in [0.15, 0.2) is 0 Å². The Morgan fingerprint density at radius 2 is 1.13 bits per heavy atom. The third-order valence-corrected chi connectivity index (χ3v) is 6.53. The Balaban J connectivity index is 1.48. The van der Waals surface area contributed by atoms with E-state index >= 15 is 0 Å². The van der Waals surface area contributed by atoms with Crippen LogP contribution in [-0.2, 0) is 12.4 Å². The van der Waals surface area contributed by atoms with E-state index in [9.17, 15) is 35.9 Å². The van der Waals surface area contributed by atoms with E-state index in [1.165, 1.54) is 12.1 Å². The number of amides is 4. The van der Waals surface area contributed by atoms with E-state index in [0.717, 1.165) is 43.5 Å². The van der Waals surface area contributed by atoms with E-state index in [2.05, 4.69) is 21.3 Å². The number of anilines is 2. The third-order valence-electron chi connectivity index (χ3n) is 6.06. The molecular formula is C24H24Cl2F6N4O2. The molecule has 1 aliphatic carbocycles. The van der Waals surface area contributed by atoms with Crippen molar-refractivity contribution in [3.8, 4) is 0 Å². The number of rotatable bonds is 6. The SMILES string of the molecule is O=C(NC[C@H]1CCC[C@@H](CNC(=O)Nc2ccc(Cl)cc2C(F)(F)F)C1)Nc1ccc(Cl)cc1C(F)(F)F. The minimum absolute atomic E-state index is 0.00441. The maximum absolute atomic E-state index is 13.2. The lowest BCUT2D eigenvalue weighted by Crippen LogP contribution is -2.38. The number of carbonyl (C=O) groups is 2. The lowest BCUT2D eigenvalue weighted by molar-refractivity contribution is -0.137. The van der Waals surface area contributed by atoms with E-state index in [0.29, 0.717) is 6.42 Å². The van der Waals surface area contributed by atoms with Crippen molar-refractivity contribution < 1.29 is 35.9 Å². The van der Waals surface area contributed by atoms with Gasteiger partial charge in [0, 0.05) is 23.1 Å². The fourth-order valence-corrected chi connectivity index (χ4v) is 4.64. The van der Waals surface area contributed by atoms with Crippen molar-refractivity contribution in [2.24, 2.45) is 11.8 Å². The smallest absolute Gasteiger partial charge is 0.338 e. The van der Waals surface area contributed by atoms with E-state index in [1.807, 2.05) is 0 Å². The van der Waals surface area contributed by atoms with Gasteiger partial charge in [-0.15, -0.1) is 0 Å². The number of nitrogens with one attached hydrogen (secondary N) is 4. The molecular weight excluding hydrogens is 561 g/mol. The quantitative estimate of drug-likeness (QED) is 0.261. The zero-order valence-electron chi connectivity index (χ0n) is 19.7. The van der Waals surface area contributed by atoms with Crippen LogP contribution in [0.25, 0.3) is 0 Å². The van der Waals surface area contributed by atoms with Crippen LogP contribution in [0, 0.1) is 11.8 Å². The van der Waals surface area contributed by atoms with Crippen molar-refractivity contribution in [1.29, 1.82) is 0 Å². The Morgan fingerprint density at radius 1 is 0.737 bits per heavy atom. The Morgan fingerprint density at radius 3 is 1.50 bits per heavy atom. The first-order chi connectivity index (χ1) is 17.7. The molecule has 0 aliphatic heterocycles. The lowest BCUT2D eigenvalue weighted by Gasteiger charge is -2.29. The summed E-state index contributed by atoms with van der Waals surface area (Å²) in [5.74, 6) is 0.00882. The Bertz CT molecular complexity index is 1070. The van der Waals surface area contributed by atoms with E-state index in [4.69, 9.17) is 23.2 Å². The highest BCUT2D eigenvalue weighted by atomic mass is 35.5. The molecule has 14 heteroatoms. The van der Waals surface area contributed by atoms with E-state index in [-0.39, 0.29) is 35.0 Å². The van der Waals surface area contributed by atoms with Gasteiger partial charge >= 0.3 is 24.4 Å². The van der Waals surface area contributed by atoms with Crippen LogP contribution in [0.4, 0.5) is 47.3 Å². The summed E-state index contributed by atoms with van der Waals surface area (Å²) in [6, 6.07) is 4.45. The summed E-state index contributed by atoms with van der Waals surface area (Å²) < 4.78 is 79.3. The van der Waals surface area contributed by atoms with Gasteiger partial charge in [0.25, 0.3) is 0 Å². The molecule has 6 nitrogen and oxygen atoms in total. The molecule has 0 bridgehead atoms. The summed E-state index contributed by atoms with van der Waals surface area (Å²) in [4.78, 5) is 24.5. The molecule has 208 valence electrons. The average molecular weight is 585 g/mol. The van der Waals surface area contributed by atoms with Crippen molar-refractivity contribution in [3.05, 3.63) is 57.6 Å². The van der Waals surface area contributed by atoms with Crippen molar-refractivity contribution in [2.45, 2.75) is 38.0 Å². The minimum Gasteiger partial charge on any atom is -0.338 e. The van der Waals surface area contributed by atoms with Gasteiger partial charge in [0.1, 0.15) is 0 Å². The second kappa shape index (κ2) is 12.3. The van der Waals surface area contributed by atoms with Crippen molar-refractivity contribution >= 4 is 46.6 Å². The molecule has 0 saturated heterocycles. The second-order valence-electron chi connectivity index (χ2n) is 8.94. The molecule has 4 amide bonds. The Labute approximate surface area is 224 Å². The van der Waals surface area contributed by atoms with Crippen LogP contribution < -0.4 is 21.3 Å². The van der Waals surface area contributed by atoms with Crippen LogP contribution in [0.1, 0.15) is 36.8 Å². The number of hydrogen-bond donors (Lipinski definition) is 4. The Hall–Kier alpha value is -2.86. The topological polar surface area (TPSA) is 82.3 Å². The predicted octanol–water partition coefficient (Wildman–Crippen LogP) is 7.78. The molecule has 0 heterocycles. The van der Waals surface area contributed by atoms with Gasteiger partial charge in [-0.05, 0) is 67.5 Å². The highest BCUT2D eigenvalue weighted by Crippen LogP contribution is 2.37. The molecule has 1 fully saturated rings. The van der Waals surface area contributed by atoms with Gasteiger partial charge in [0.2, 0.25) is 0 Å². The molecule has 0 spiro atoms. The molecule has 1 aliphatic rings. The fraction of sp³-hybridized carbons (Fsp3) is 0.417. The Kier molecular flexibility index (Phi) is 9.64. The maximum atomic E-state index is 13.2. The highest BCUT2D eigenvalue weighted by Gasteiger charge is 2.35. The van der Waals surface area contributed by atoms with Crippen molar-refractivity contribution in [3.63, 3.8) is 0 Å². The van der Waals surface area contributed by atoms with Crippen molar-refractivity contribution in [1.82, 2.24) is 10.6 Å². The summed E-state index contributed by atoms with van der Waals surface area (Å²) in [5, 5.41) is 9.29. The fourth-order valence-electron chi connectivity index (χ4n) is 4.30. The molecule has 2 aromatic carbocycles. The summed E-state index contributed by atoms with van der Waals surface area (Å²) in [7, 11) is 0. The molecule has 3 rings (SSSR count). The van der Waals surface area contributed by atoms with Crippen LogP contribution in [0.5, 0.6) is 0 Å². The number of halogens is 8. The molecule has 2 aromatic rings. The van der Waals surface area contributed by atoms with E-state index < -0.39 is 46.9 Å². The number of hydrogen-bond acceptors (Lipinski definition) is 2. The van der Waals surface area contributed by atoms with Crippen LogP contribution in [0.3, 0.4) is 0 Å². The summed E-state index contributed by atoms with van der Waals surface area (Å²) >= 11 is 11.3. The maximum Gasteiger partial charge on any atom is 0.418 e. The number of urea groups is 2. The van der Waals surface area contributed by atoms with Gasteiger partial charge < -0.3 is 21.3 Å². The van der Waals surface area contributed by atoms with Gasteiger partial charge in [-0.25, -0.2) is 9.59 Å². The van der Waals surface area contributed by atoms with Gasteiger partial charge in [-0.3, -0.25) is 0 Å². The first-order valence-corrected chi connectivity index (χ1v) is 12.3. The molecule has 0 aromatic heterocycles. The van der Waals surface area contributed by atoms with Crippen LogP contribution in [0.15, 0.2) is 36.4 Å². The zero-order valence-corrected chi connectivity index (χ0v) is 21.2. The molecule has 1 saturated carbocycles. The molecule has 0 unspecified atom stereocenters. The lowest BCUT2D eigenvalue weighted by atomic mass is 9.81. The van der Waals surface area contributed by atoms with Crippen LogP contribution in [-0.4, -0.2) is 25.2 Å². The average Bonchev–Trinajstić information content (AvgIpc) is 2.83.